The summed E-state index contributed by atoms with van der Waals surface area (Å²) in [6.07, 6.45) is -4.10. The molecule has 2 aromatic carbocycles. The maximum absolute atomic E-state index is 13.9. The van der Waals surface area contributed by atoms with E-state index in [9.17, 15) is 57.1 Å². The number of hydrogen-bond acceptors (Lipinski definition) is 12. The smallest absolute Gasteiger partial charge is 0.365 e. The van der Waals surface area contributed by atoms with Crippen molar-refractivity contribution in [1.82, 2.24) is 58.6 Å². The SMILES string of the molecule is CCCn1cnc2c(NC3CC3)nc(C(F)(F)F)nc21.Fc1cccc(Cn2cnc3c(NC4CC4)nc(C(F)(F)F)nc32)c1F.Fc1cccc(F)c1Cn1cnc2c(NC3CC3)nc(C(F)(F)F)nc21. The molecule has 3 aliphatic rings. The minimum Gasteiger partial charge on any atom is -0.365 e. The molecule has 15 nitrogen and oxygen atoms in total. The van der Waals surface area contributed by atoms with Crippen LogP contribution in [0.15, 0.2) is 55.4 Å². The van der Waals surface area contributed by atoms with Gasteiger partial charge in [0.25, 0.3) is 0 Å². The molecule has 3 aliphatic carbocycles. The highest BCUT2D eigenvalue weighted by molar-refractivity contribution is 5.85. The summed E-state index contributed by atoms with van der Waals surface area (Å²) in [5.74, 6) is -7.31. The monoisotopic (exact) mass is 1020 g/mol. The molecule has 3 saturated carbocycles. The maximum atomic E-state index is 13.9. The third-order valence-corrected chi connectivity index (χ3v) is 11.1. The average Bonchev–Trinajstić information content (AvgIpc) is 4.29. The second-order valence-electron chi connectivity index (χ2n) is 17.0. The van der Waals surface area contributed by atoms with Crippen molar-refractivity contribution in [2.75, 3.05) is 16.0 Å². The van der Waals surface area contributed by atoms with Gasteiger partial charge in [0.05, 0.1) is 32.1 Å². The molecule has 0 spiro atoms. The lowest BCUT2D eigenvalue weighted by molar-refractivity contribution is -0.145. The van der Waals surface area contributed by atoms with E-state index in [1.54, 1.807) is 4.57 Å². The largest absolute Gasteiger partial charge is 0.451 e. The Balaban J connectivity index is 0.000000135. The van der Waals surface area contributed by atoms with E-state index in [1.807, 2.05) is 6.92 Å². The molecule has 28 heteroatoms. The van der Waals surface area contributed by atoms with E-state index in [1.165, 1.54) is 46.3 Å². The molecular formula is C44H38F13N15. The van der Waals surface area contributed by atoms with E-state index in [-0.39, 0.29) is 87.8 Å². The summed E-state index contributed by atoms with van der Waals surface area (Å²) >= 11 is 0. The molecule has 3 N–H and O–H groups in total. The Morgan fingerprint density at radius 3 is 1.24 bits per heavy atom. The van der Waals surface area contributed by atoms with Gasteiger partial charge in [0.2, 0.25) is 17.5 Å². The molecule has 6 aromatic heterocycles. The van der Waals surface area contributed by atoms with Gasteiger partial charge in [-0.2, -0.15) is 39.5 Å². The summed E-state index contributed by atoms with van der Waals surface area (Å²) in [4.78, 5) is 33.7. The Morgan fingerprint density at radius 2 is 0.847 bits per heavy atom. The van der Waals surface area contributed by atoms with E-state index in [4.69, 9.17) is 0 Å². The van der Waals surface area contributed by atoms with Crippen molar-refractivity contribution < 1.29 is 57.1 Å². The quantitative estimate of drug-likeness (QED) is 0.0993. The molecule has 8 aromatic rings. The molecule has 6 heterocycles. The number of imidazole rings is 3. The van der Waals surface area contributed by atoms with Crippen LogP contribution in [0.4, 0.5) is 74.5 Å². The van der Waals surface area contributed by atoms with Crippen molar-refractivity contribution in [3.63, 3.8) is 0 Å². The van der Waals surface area contributed by atoms with Crippen LogP contribution in [-0.4, -0.2) is 76.7 Å². The zero-order valence-electron chi connectivity index (χ0n) is 37.3. The van der Waals surface area contributed by atoms with Crippen molar-refractivity contribution in [1.29, 1.82) is 0 Å². The number of nitrogens with one attached hydrogen (secondary N) is 3. The number of rotatable bonds is 12. The summed E-state index contributed by atoms with van der Waals surface area (Å²) in [5, 5.41) is 8.80. The summed E-state index contributed by atoms with van der Waals surface area (Å²) in [7, 11) is 0. The molecule has 0 atom stereocenters. The van der Waals surface area contributed by atoms with Crippen molar-refractivity contribution in [3.05, 3.63) is 107 Å². The highest BCUT2D eigenvalue weighted by Crippen LogP contribution is 2.36. The van der Waals surface area contributed by atoms with Crippen LogP contribution in [0.3, 0.4) is 0 Å². The standard InChI is InChI=1S/2C16H12F5N5.C12H14F3N5/c17-10-2-1-3-11(18)9(10)6-26-7-22-12-13(23-8-4-5-8)24-15(16(19,20)21)25-14(12)26;17-10-3-1-2-8(11(10)18)6-26-7-22-12-13(23-9-4-5-9)24-15(16(19,20)21)25-14(12)26;1-2-5-20-6-16-8-9(17-7-3-4-7)18-11(12(13,14)15)19-10(8)20/h1-3,7-8H,4-6H2,(H,23,24,25);1-3,7,9H,4-6H2,(H,23,24,25);6-7H,2-5H2,1H3,(H,17,18,19). The van der Waals surface area contributed by atoms with Gasteiger partial charge in [0, 0.05) is 35.8 Å². The Bertz CT molecular complexity index is 3240. The van der Waals surface area contributed by atoms with Crippen LogP contribution in [0.1, 0.15) is 80.5 Å². The molecule has 380 valence electrons. The van der Waals surface area contributed by atoms with Crippen LogP contribution < -0.4 is 16.0 Å². The molecular weight excluding hydrogens is 986 g/mol. The van der Waals surface area contributed by atoms with Gasteiger partial charge in [-0.05, 0) is 63.1 Å². The van der Waals surface area contributed by atoms with Gasteiger partial charge < -0.3 is 29.7 Å². The molecule has 0 aliphatic heterocycles. The maximum Gasteiger partial charge on any atom is 0.451 e. The van der Waals surface area contributed by atoms with Gasteiger partial charge in [-0.25, -0.2) is 62.4 Å². The van der Waals surface area contributed by atoms with Gasteiger partial charge in [-0.1, -0.05) is 25.1 Å². The lowest BCUT2D eigenvalue weighted by atomic mass is 10.2. The normalized spacial score (nSPS) is 15.1. The lowest BCUT2D eigenvalue weighted by Gasteiger charge is -2.11. The van der Waals surface area contributed by atoms with Gasteiger partial charge in [-0.15, -0.1) is 0 Å². The first-order valence-electron chi connectivity index (χ1n) is 22.2. The number of benzene rings is 2. The summed E-state index contributed by atoms with van der Waals surface area (Å²) in [5.41, 5.74) is 0.375. The van der Waals surface area contributed by atoms with Crippen LogP contribution in [0.5, 0.6) is 0 Å². The zero-order valence-corrected chi connectivity index (χ0v) is 37.3. The topological polar surface area (TPSA) is 167 Å². The number of nitrogens with zero attached hydrogens (tertiary/aromatic N) is 12. The van der Waals surface area contributed by atoms with Crippen LogP contribution >= 0.6 is 0 Å². The Kier molecular flexibility index (Phi) is 13.3. The van der Waals surface area contributed by atoms with E-state index in [0.29, 0.717) is 12.1 Å². The van der Waals surface area contributed by atoms with Crippen LogP contribution in [-0.2, 0) is 38.2 Å². The third kappa shape index (κ3) is 11.2. The number of aromatic nitrogens is 12. The molecule has 72 heavy (non-hydrogen) atoms. The molecule has 0 unspecified atom stereocenters. The highest BCUT2D eigenvalue weighted by Gasteiger charge is 2.39. The van der Waals surface area contributed by atoms with E-state index >= 15 is 0 Å². The fourth-order valence-corrected chi connectivity index (χ4v) is 7.12. The fourth-order valence-electron chi connectivity index (χ4n) is 7.12. The minimum atomic E-state index is -4.76. The molecule has 0 saturated heterocycles. The molecule has 11 rings (SSSR count). The predicted octanol–water partition coefficient (Wildman–Crippen LogP) is 10.3. The number of anilines is 3. The first kappa shape index (κ1) is 49.6. The Labute approximate surface area is 397 Å². The van der Waals surface area contributed by atoms with Crippen molar-refractivity contribution in [2.45, 2.75) is 108 Å². The number of fused-ring (bicyclic) bond motifs is 3. The molecule has 3 fully saturated rings. The molecule has 0 amide bonds. The molecule has 0 bridgehead atoms. The predicted molar refractivity (Wildman–Crippen MR) is 232 cm³/mol. The number of halogens is 13. The van der Waals surface area contributed by atoms with E-state index in [2.05, 4.69) is 60.8 Å². The Hall–Kier alpha value is -7.42. The third-order valence-electron chi connectivity index (χ3n) is 11.1. The zero-order chi connectivity index (χ0) is 51.3. The number of hydrogen-bond donors (Lipinski definition) is 3. The fraction of sp³-hybridized carbons (Fsp3) is 0.386. The van der Waals surface area contributed by atoms with Crippen molar-refractivity contribution in [2.24, 2.45) is 0 Å². The second kappa shape index (κ2) is 19.3. The van der Waals surface area contributed by atoms with Gasteiger partial charge >= 0.3 is 18.5 Å². The first-order chi connectivity index (χ1) is 34.1. The van der Waals surface area contributed by atoms with Crippen LogP contribution in [0, 0.1) is 23.3 Å². The van der Waals surface area contributed by atoms with Crippen LogP contribution in [0.2, 0.25) is 0 Å². The lowest BCUT2D eigenvalue weighted by Crippen LogP contribution is -2.15. The second-order valence-corrected chi connectivity index (χ2v) is 17.0. The summed E-state index contributed by atoms with van der Waals surface area (Å²) in [6, 6.07) is 7.30. The van der Waals surface area contributed by atoms with Gasteiger partial charge in [0.1, 0.15) is 28.2 Å². The van der Waals surface area contributed by atoms with Gasteiger partial charge in [0.15, 0.2) is 46.0 Å². The first-order valence-corrected chi connectivity index (χ1v) is 22.2. The van der Waals surface area contributed by atoms with Crippen molar-refractivity contribution in [3.8, 4) is 0 Å². The number of aryl methyl sites for hydroxylation is 1. The average molecular weight is 1020 g/mol. The minimum absolute atomic E-state index is 0.0108. The summed E-state index contributed by atoms with van der Waals surface area (Å²) in [6.45, 7) is 1.97. The van der Waals surface area contributed by atoms with E-state index in [0.717, 1.165) is 63.1 Å². The van der Waals surface area contributed by atoms with Gasteiger partial charge in [-0.3, -0.25) is 0 Å². The highest BCUT2D eigenvalue weighted by atomic mass is 19.4. The molecule has 0 radical (unpaired) electrons. The number of alkyl halides is 9. The van der Waals surface area contributed by atoms with E-state index < -0.39 is 59.3 Å². The van der Waals surface area contributed by atoms with Crippen molar-refractivity contribution >= 4 is 50.9 Å². The Morgan fingerprint density at radius 1 is 0.486 bits per heavy atom. The summed E-state index contributed by atoms with van der Waals surface area (Å²) < 4.78 is 177. The van der Waals surface area contributed by atoms with Crippen LogP contribution in [0.25, 0.3) is 33.5 Å².